The van der Waals surface area contributed by atoms with E-state index in [1.54, 1.807) is 0 Å². The highest BCUT2D eigenvalue weighted by atomic mass is 16.4. The van der Waals surface area contributed by atoms with Crippen LogP contribution in [0.25, 0.3) is 28.4 Å². The molecule has 168 valence electrons. The number of benzene rings is 3. The SMILES string of the molecule is O=C(CCc1nnc(-c2ccccc2)o1)NCc1cn(-c2ccccc2)nc1-c1ccccc1. The molecule has 1 amide bonds. The monoisotopic (exact) mass is 449 g/mol. The van der Waals surface area contributed by atoms with E-state index in [-0.39, 0.29) is 12.3 Å². The molecule has 0 saturated heterocycles. The van der Waals surface area contributed by atoms with Crippen molar-refractivity contribution in [2.24, 2.45) is 0 Å². The molecule has 0 aliphatic carbocycles. The van der Waals surface area contributed by atoms with E-state index in [0.29, 0.717) is 24.7 Å². The molecule has 5 aromatic rings. The van der Waals surface area contributed by atoms with Gasteiger partial charge >= 0.3 is 0 Å². The van der Waals surface area contributed by atoms with E-state index in [0.717, 1.165) is 28.1 Å². The second-order valence-electron chi connectivity index (χ2n) is 7.79. The lowest BCUT2D eigenvalue weighted by atomic mass is 10.1. The molecule has 7 nitrogen and oxygen atoms in total. The number of carbonyl (C=O) groups is 1. The van der Waals surface area contributed by atoms with Gasteiger partial charge in [0.2, 0.25) is 17.7 Å². The van der Waals surface area contributed by atoms with Crippen molar-refractivity contribution in [3.05, 3.63) is 109 Å². The molecule has 0 atom stereocenters. The first-order valence-corrected chi connectivity index (χ1v) is 11.1. The van der Waals surface area contributed by atoms with Crippen LogP contribution in [0.5, 0.6) is 0 Å². The number of hydrogen-bond acceptors (Lipinski definition) is 5. The van der Waals surface area contributed by atoms with Crippen molar-refractivity contribution in [2.45, 2.75) is 19.4 Å². The van der Waals surface area contributed by atoms with Gasteiger partial charge in [0, 0.05) is 42.3 Å². The third-order valence-electron chi connectivity index (χ3n) is 5.39. The van der Waals surface area contributed by atoms with Crippen molar-refractivity contribution in [1.82, 2.24) is 25.3 Å². The Morgan fingerprint density at radius 2 is 1.47 bits per heavy atom. The third-order valence-corrected chi connectivity index (χ3v) is 5.39. The first kappa shape index (κ1) is 21.3. The van der Waals surface area contributed by atoms with Gasteiger partial charge in [-0.1, -0.05) is 66.7 Å². The topological polar surface area (TPSA) is 85.8 Å². The molecule has 34 heavy (non-hydrogen) atoms. The fourth-order valence-electron chi connectivity index (χ4n) is 3.65. The molecule has 0 fully saturated rings. The number of para-hydroxylation sites is 1. The van der Waals surface area contributed by atoms with Gasteiger partial charge in [-0.05, 0) is 24.3 Å². The summed E-state index contributed by atoms with van der Waals surface area (Å²) in [5.74, 6) is 0.804. The zero-order valence-corrected chi connectivity index (χ0v) is 18.5. The van der Waals surface area contributed by atoms with Crippen molar-refractivity contribution in [3.8, 4) is 28.4 Å². The van der Waals surface area contributed by atoms with E-state index in [4.69, 9.17) is 9.52 Å². The minimum atomic E-state index is -0.0917. The number of aromatic nitrogens is 4. The van der Waals surface area contributed by atoms with Crippen LogP contribution in [0.1, 0.15) is 17.9 Å². The summed E-state index contributed by atoms with van der Waals surface area (Å²) in [7, 11) is 0. The van der Waals surface area contributed by atoms with Crippen LogP contribution in [0.15, 0.2) is 102 Å². The molecule has 0 radical (unpaired) electrons. The number of hydrogen-bond donors (Lipinski definition) is 1. The molecule has 0 saturated carbocycles. The predicted molar refractivity (Wildman–Crippen MR) is 129 cm³/mol. The normalized spacial score (nSPS) is 10.8. The average Bonchev–Trinajstić information content (AvgIpc) is 3.55. The largest absolute Gasteiger partial charge is 0.421 e. The van der Waals surface area contributed by atoms with Gasteiger partial charge in [-0.3, -0.25) is 4.79 Å². The number of rotatable bonds is 8. The molecule has 0 aliphatic rings. The van der Waals surface area contributed by atoms with Crippen LogP contribution in [0.4, 0.5) is 0 Å². The van der Waals surface area contributed by atoms with Crippen LogP contribution in [0, 0.1) is 0 Å². The second kappa shape index (κ2) is 9.95. The van der Waals surface area contributed by atoms with E-state index in [9.17, 15) is 4.79 Å². The Kier molecular flexibility index (Phi) is 6.25. The molecule has 2 aromatic heterocycles. The maximum Gasteiger partial charge on any atom is 0.247 e. The number of nitrogens with zero attached hydrogens (tertiary/aromatic N) is 4. The molecular weight excluding hydrogens is 426 g/mol. The smallest absolute Gasteiger partial charge is 0.247 e. The summed E-state index contributed by atoms with van der Waals surface area (Å²) >= 11 is 0. The Labute approximate surface area is 197 Å². The number of aryl methyl sites for hydroxylation is 1. The number of nitrogens with one attached hydrogen (secondary N) is 1. The van der Waals surface area contributed by atoms with Gasteiger partial charge in [0.05, 0.1) is 11.4 Å². The summed E-state index contributed by atoms with van der Waals surface area (Å²) in [4.78, 5) is 12.6. The Balaban J connectivity index is 1.25. The van der Waals surface area contributed by atoms with Crippen molar-refractivity contribution >= 4 is 5.91 Å². The Morgan fingerprint density at radius 3 is 2.18 bits per heavy atom. The minimum absolute atomic E-state index is 0.0917. The van der Waals surface area contributed by atoms with Crippen molar-refractivity contribution in [1.29, 1.82) is 0 Å². The van der Waals surface area contributed by atoms with Gasteiger partial charge < -0.3 is 9.73 Å². The van der Waals surface area contributed by atoms with Crippen LogP contribution in [-0.4, -0.2) is 25.9 Å². The molecule has 0 aliphatic heterocycles. The van der Waals surface area contributed by atoms with Crippen LogP contribution in [-0.2, 0) is 17.8 Å². The van der Waals surface area contributed by atoms with Crippen LogP contribution in [0.3, 0.4) is 0 Å². The first-order chi connectivity index (χ1) is 16.8. The summed E-state index contributed by atoms with van der Waals surface area (Å²) in [6, 6.07) is 29.4. The zero-order chi connectivity index (χ0) is 23.2. The Hall–Kier alpha value is -4.52. The maximum atomic E-state index is 12.6. The van der Waals surface area contributed by atoms with Crippen LogP contribution < -0.4 is 5.32 Å². The van der Waals surface area contributed by atoms with E-state index < -0.39 is 0 Å². The first-order valence-electron chi connectivity index (χ1n) is 11.1. The standard InChI is InChI=1S/C27H23N5O2/c33-24(16-17-25-29-30-27(34-25)21-12-6-2-7-13-21)28-18-22-19-32(23-14-8-3-9-15-23)31-26(22)20-10-4-1-5-11-20/h1-15,19H,16-18H2,(H,28,33). The molecular formula is C27H23N5O2. The minimum Gasteiger partial charge on any atom is -0.421 e. The van der Waals surface area contributed by atoms with Crippen LogP contribution >= 0.6 is 0 Å². The van der Waals surface area contributed by atoms with Crippen molar-refractivity contribution in [3.63, 3.8) is 0 Å². The molecule has 7 heteroatoms. The average molecular weight is 450 g/mol. The van der Waals surface area contributed by atoms with E-state index >= 15 is 0 Å². The molecule has 3 aromatic carbocycles. The van der Waals surface area contributed by atoms with Gasteiger partial charge in [0.15, 0.2) is 0 Å². The highest BCUT2D eigenvalue weighted by molar-refractivity contribution is 5.76. The zero-order valence-electron chi connectivity index (χ0n) is 18.5. The molecule has 0 unspecified atom stereocenters. The lowest BCUT2D eigenvalue weighted by Gasteiger charge is -2.05. The Bertz CT molecular complexity index is 1360. The lowest BCUT2D eigenvalue weighted by molar-refractivity contribution is -0.121. The van der Waals surface area contributed by atoms with E-state index in [1.165, 1.54) is 0 Å². The summed E-state index contributed by atoms with van der Waals surface area (Å²) in [5, 5.41) is 15.9. The predicted octanol–water partition coefficient (Wildman–Crippen LogP) is 4.84. The maximum absolute atomic E-state index is 12.6. The van der Waals surface area contributed by atoms with E-state index in [1.807, 2.05) is 102 Å². The van der Waals surface area contributed by atoms with Crippen molar-refractivity contribution < 1.29 is 9.21 Å². The van der Waals surface area contributed by atoms with Crippen molar-refractivity contribution in [2.75, 3.05) is 0 Å². The number of amides is 1. The lowest BCUT2D eigenvalue weighted by Crippen LogP contribution is -2.23. The molecule has 2 heterocycles. The molecule has 5 rings (SSSR count). The van der Waals surface area contributed by atoms with Gasteiger partial charge in [0.25, 0.3) is 0 Å². The number of carbonyl (C=O) groups excluding carboxylic acids is 1. The van der Waals surface area contributed by atoms with Gasteiger partial charge in [0.1, 0.15) is 0 Å². The summed E-state index contributed by atoms with van der Waals surface area (Å²) < 4.78 is 7.54. The highest BCUT2D eigenvalue weighted by Crippen LogP contribution is 2.24. The fraction of sp³-hybridized carbons (Fsp3) is 0.111. The van der Waals surface area contributed by atoms with Gasteiger partial charge in [-0.2, -0.15) is 5.10 Å². The summed E-state index contributed by atoms with van der Waals surface area (Å²) in [6.07, 6.45) is 2.59. The second-order valence-corrected chi connectivity index (χ2v) is 7.79. The van der Waals surface area contributed by atoms with Gasteiger partial charge in [-0.25, -0.2) is 4.68 Å². The molecule has 1 N–H and O–H groups in total. The van der Waals surface area contributed by atoms with Gasteiger partial charge in [-0.15, -0.1) is 10.2 Å². The molecule has 0 bridgehead atoms. The Morgan fingerprint density at radius 1 is 0.824 bits per heavy atom. The quantitative estimate of drug-likeness (QED) is 0.366. The van der Waals surface area contributed by atoms with Crippen LogP contribution in [0.2, 0.25) is 0 Å². The highest BCUT2D eigenvalue weighted by Gasteiger charge is 2.14. The fourth-order valence-corrected chi connectivity index (χ4v) is 3.65. The van der Waals surface area contributed by atoms with E-state index in [2.05, 4.69) is 15.5 Å². The summed E-state index contributed by atoms with van der Waals surface area (Å²) in [5.41, 5.74) is 4.60. The third kappa shape index (κ3) is 4.94. The molecule has 0 spiro atoms. The summed E-state index contributed by atoms with van der Waals surface area (Å²) in [6.45, 7) is 0.370.